The van der Waals surface area contributed by atoms with Gasteiger partial charge in [-0.15, -0.1) is 11.3 Å². The lowest BCUT2D eigenvalue weighted by Gasteiger charge is -2.11. The Kier molecular flexibility index (Phi) is 5.56. The highest BCUT2D eigenvalue weighted by Crippen LogP contribution is 2.15. The van der Waals surface area contributed by atoms with Crippen molar-refractivity contribution in [1.82, 2.24) is 9.88 Å². The van der Waals surface area contributed by atoms with Gasteiger partial charge in [-0.3, -0.25) is 4.79 Å². The predicted octanol–water partition coefficient (Wildman–Crippen LogP) is 4.32. The van der Waals surface area contributed by atoms with E-state index < -0.39 is 0 Å². The van der Waals surface area contributed by atoms with E-state index in [0.717, 1.165) is 11.3 Å². The van der Waals surface area contributed by atoms with Crippen LogP contribution < -0.4 is 10.1 Å². The third-order valence-corrected chi connectivity index (χ3v) is 4.58. The van der Waals surface area contributed by atoms with Crippen molar-refractivity contribution in [3.05, 3.63) is 76.2 Å². The van der Waals surface area contributed by atoms with E-state index in [4.69, 9.17) is 4.74 Å². The SMILES string of the molecule is CC(C)Oc1ccc(CNC(=O)c2cccn2Cc2cccs2)cc1. The molecule has 4 nitrogen and oxygen atoms in total. The third-order valence-electron chi connectivity index (χ3n) is 3.72. The number of thiophene rings is 1. The van der Waals surface area contributed by atoms with E-state index in [1.807, 2.05) is 72.5 Å². The predicted molar refractivity (Wildman–Crippen MR) is 101 cm³/mol. The van der Waals surface area contributed by atoms with Crippen LogP contribution in [-0.4, -0.2) is 16.6 Å². The Morgan fingerprint density at radius 1 is 1.16 bits per heavy atom. The molecule has 2 heterocycles. The van der Waals surface area contributed by atoms with Gasteiger partial charge in [0.2, 0.25) is 0 Å². The normalized spacial score (nSPS) is 10.8. The smallest absolute Gasteiger partial charge is 0.268 e. The zero-order valence-corrected chi connectivity index (χ0v) is 15.3. The molecule has 130 valence electrons. The molecule has 3 aromatic rings. The van der Waals surface area contributed by atoms with Gasteiger partial charge in [-0.05, 0) is 55.1 Å². The second-order valence-corrected chi connectivity index (χ2v) is 7.13. The standard InChI is InChI=1S/C20H22N2O2S/c1-15(2)24-17-9-7-16(8-10-17)13-21-20(23)19-6-3-11-22(19)14-18-5-4-12-25-18/h3-12,15H,13-14H2,1-2H3,(H,21,23). The minimum atomic E-state index is -0.0657. The largest absolute Gasteiger partial charge is 0.491 e. The number of hydrogen-bond acceptors (Lipinski definition) is 3. The number of aromatic nitrogens is 1. The van der Waals surface area contributed by atoms with Gasteiger partial charge < -0.3 is 14.6 Å². The Labute approximate surface area is 152 Å². The van der Waals surface area contributed by atoms with E-state index in [1.165, 1.54) is 4.88 Å². The summed E-state index contributed by atoms with van der Waals surface area (Å²) in [6, 6.07) is 15.7. The van der Waals surface area contributed by atoms with Crippen molar-refractivity contribution < 1.29 is 9.53 Å². The number of ether oxygens (including phenoxy) is 1. The molecule has 3 rings (SSSR count). The van der Waals surface area contributed by atoms with Crippen molar-refractivity contribution in [1.29, 1.82) is 0 Å². The second-order valence-electron chi connectivity index (χ2n) is 6.09. The lowest BCUT2D eigenvalue weighted by molar-refractivity contribution is 0.0942. The van der Waals surface area contributed by atoms with Crippen LogP contribution in [0.25, 0.3) is 0 Å². The first kappa shape index (κ1) is 17.3. The molecule has 0 bridgehead atoms. The van der Waals surface area contributed by atoms with E-state index in [2.05, 4.69) is 11.4 Å². The zero-order valence-electron chi connectivity index (χ0n) is 14.4. The second kappa shape index (κ2) is 8.03. The highest BCUT2D eigenvalue weighted by atomic mass is 32.1. The average molecular weight is 354 g/mol. The number of benzene rings is 1. The van der Waals surface area contributed by atoms with Crippen LogP contribution in [0.3, 0.4) is 0 Å². The molecule has 25 heavy (non-hydrogen) atoms. The van der Waals surface area contributed by atoms with Gasteiger partial charge in [-0.1, -0.05) is 18.2 Å². The van der Waals surface area contributed by atoms with E-state index in [0.29, 0.717) is 18.8 Å². The number of nitrogens with zero attached hydrogens (tertiary/aromatic N) is 1. The van der Waals surface area contributed by atoms with Crippen LogP contribution in [0.15, 0.2) is 60.1 Å². The number of hydrogen-bond donors (Lipinski definition) is 1. The van der Waals surface area contributed by atoms with Crippen molar-refractivity contribution >= 4 is 17.2 Å². The third kappa shape index (κ3) is 4.73. The Balaban J connectivity index is 1.59. The molecule has 0 saturated heterocycles. The number of nitrogens with one attached hydrogen (secondary N) is 1. The minimum absolute atomic E-state index is 0.0657. The van der Waals surface area contributed by atoms with E-state index in [-0.39, 0.29) is 12.0 Å². The summed E-state index contributed by atoms with van der Waals surface area (Å²) in [5.74, 6) is 0.777. The summed E-state index contributed by atoms with van der Waals surface area (Å²) >= 11 is 1.69. The molecule has 0 spiro atoms. The first-order valence-electron chi connectivity index (χ1n) is 8.33. The van der Waals surface area contributed by atoms with Crippen LogP contribution in [-0.2, 0) is 13.1 Å². The summed E-state index contributed by atoms with van der Waals surface area (Å²) in [5.41, 5.74) is 1.72. The van der Waals surface area contributed by atoms with E-state index in [1.54, 1.807) is 11.3 Å². The van der Waals surface area contributed by atoms with Crippen molar-refractivity contribution in [2.24, 2.45) is 0 Å². The molecule has 0 radical (unpaired) electrons. The summed E-state index contributed by atoms with van der Waals surface area (Å²) in [5, 5.41) is 5.03. The van der Waals surface area contributed by atoms with E-state index in [9.17, 15) is 4.79 Å². The molecule has 0 unspecified atom stereocenters. The van der Waals surface area contributed by atoms with Gasteiger partial charge in [-0.25, -0.2) is 0 Å². The van der Waals surface area contributed by atoms with Crippen molar-refractivity contribution in [2.45, 2.75) is 33.0 Å². The fourth-order valence-corrected chi connectivity index (χ4v) is 3.26. The summed E-state index contributed by atoms with van der Waals surface area (Å²) in [4.78, 5) is 13.7. The van der Waals surface area contributed by atoms with Gasteiger partial charge in [0.15, 0.2) is 0 Å². The van der Waals surface area contributed by atoms with Gasteiger partial charge >= 0.3 is 0 Å². The van der Waals surface area contributed by atoms with Gasteiger partial charge in [-0.2, -0.15) is 0 Å². The Hall–Kier alpha value is -2.53. The molecule has 0 aliphatic heterocycles. The zero-order chi connectivity index (χ0) is 17.6. The van der Waals surface area contributed by atoms with Gasteiger partial charge in [0, 0.05) is 17.6 Å². The molecule has 1 amide bonds. The molecule has 1 N–H and O–H groups in total. The molecule has 0 saturated carbocycles. The summed E-state index contributed by atoms with van der Waals surface area (Å²) < 4.78 is 7.60. The average Bonchev–Trinajstić information content (AvgIpc) is 3.26. The molecule has 0 atom stereocenters. The van der Waals surface area contributed by atoms with Crippen LogP contribution in [0.1, 0.15) is 34.8 Å². The summed E-state index contributed by atoms with van der Waals surface area (Å²) in [6.45, 7) is 5.21. The molecule has 0 aliphatic carbocycles. The fraction of sp³-hybridized carbons (Fsp3) is 0.250. The molecule has 0 aliphatic rings. The van der Waals surface area contributed by atoms with Crippen LogP contribution in [0.5, 0.6) is 5.75 Å². The number of rotatable bonds is 7. The topological polar surface area (TPSA) is 43.3 Å². The quantitative estimate of drug-likeness (QED) is 0.687. The van der Waals surface area contributed by atoms with Gasteiger partial charge in [0.05, 0.1) is 12.6 Å². The molecule has 2 aromatic heterocycles. The maximum absolute atomic E-state index is 12.5. The van der Waals surface area contributed by atoms with Crippen molar-refractivity contribution in [2.75, 3.05) is 0 Å². The number of amides is 1. The molecule has 5 heteroatoms. The van der Waals surface area contributed by atoms with Gasteiger partial charge in [0.1, 0.15) is 11.4 Å². The monoisotopic (exact) mass is 354 g/mol. The molecular weight excluding hydrogens is 332 g/mol. The lowest BCUT2D eigenvalue weighted by atomic mass is 10.2. The lowest BCUT2D eigenvalue weighted by Crippen LogP contribution is -2.25. The first-order valence-corrected chi connectivity index (χ1v) is 9.21. The maximum Gasteiger partial charge on any atom is 0.268 e. The molecule has 1 aromatic carbocycles. The minimum Gasteiger partial charge on any atom is -0.491 e. The fourth-order valence-electron chi connectivity index (χ4n) is 2.56. The Bertz CT molecular complexity index is 805. The molecular formula is C20H22N2O2S. The highest BCUT2D eigenvalue weighted by Gasteiger charge is 2.11. The summed E-state index contributed by atoms with van der Waals surface area (Å²) in [7, 11) is 0. The van der Waals surface area contributed by atoms with Crippen molar-refractivity contribution in [3.63, 3.8) is 0 Å². The van der Waals surface area contributed by atoms with Crippen LogP contribution >= 0.6 is 11.3 Å². The summed E-state index contributed by atoms with van der Waals surface area (Å²) in [6.07, 6.45) is 2.09. The Morgan fingerprint density at radius 3 is 2.64 bits per heavy atom. The van der Waals surface area contributed by atoms with Crippen LogP contribution in [0.2, 0.25) is 0 Å². The van der Waals surface area contributed by atoms with Gasteiger partial charge in [0.25, 0.3) is 5.91 Å². The maximum atomic E-state index is 12.5. The van der Waals surface area contributed by atoms with Crippen LogP contribution in [0.4, 0.5) is 0 Å². The number of carbonyl (C=O) groups is 1. The first-order chi connectivity index (χ1) is 12.1. The van der Waals surface area contributed by atoms with E-state index >= 15 is 0 Å². The highest BCUT2D eigenvalue weighted by molar-refractivity contribution is 7.09. The van der Waals surface area contributed by atoms with Crippen molar-refractivity contribution in [3.8, 4) is 5.75 Å². The number of carbonyl (C=O) groups excluding carboxylic acids is 1. The Morgan fingerprint density at radius 2 is 1.96 bits per heavy atom. The molecule has 0 fully saturated rings. The van der Waals surface area contributed by atoms with Crippen LogP contribution in [0, 0.1) is 0 Å².